The zero-order valence-corrected chi connectivity index (χ0v) is 14.9. The Kier molecular flexibility index (Phi) is 4.80. The second-order valence-electron chi connectivity index (χ2n) is 6.15. The topological polar surface area (TPSA) is 58.6 Å². The molecule has 0 saturated carbocycles. The van der Waals surface area contributed by atoms with Crippen molar-refractivity contribution in [3.8, 4) is 0 Å². The van der Waals surface area contributed by atoms with Gasteiger partial charge in [-0.05, 0) is 40.8 Å². The van der Waals surface area contributed by atoms with Crippen LogP contribution in [0.4, 0.5) is 0 Å². The Morgan fingerprint density at radius 2 is 2.19 bits per heavy atom. The maximum Gasteiger partial charge on any atom is 0.244 e. The van der Waals surface area contributed by atoms with Crippen LogP contribution in [-0.2, 0) is 21.3 Å². The van der Waals surface area contributed by atoms with Gasteiger partial charge in [0.15, 0.2) is 0 Å². The lowest BCUT2D eigenvalue weighted by atomic mass is 10.1. The third kappa shape index (κ3) is 3.65. The average molecular weight is 332 g/mol. The molecule has 2 rings (SSSR count). The van der Waals surface area contributed by atoms with Crippen LogP contribution in [0.5, 0.6) is 0 Å². The first-order valence-electron chi connectivity index (χ1n) is 7.07. The normalized spacial score (nSPS) is 23.4. The molecule has 1 N–H and O–H groups in total. The zero-order valence-electron chi connectivity index (χ0n) is 13.3. The molecule has 0 bridgehead atoms. The highest BCUT2D eigenvalue weighted by Gasteiger charge is 2.38. The smallest absolute Gasteiger partial charge is 0.244 e. The average Bonchev–Trinajstić information content (AvgIpc) is 2.69. The molecule has 0 aliphatic carbocycles. The Labute approximate surface area is 131 Å². The summed E-state index contributed by atoms with van der Waals surface area (Å²) < 4.78 is 33.2. The summed E-state index contributed by atoms with van der Waals surface area (Å²) in [5.41, 5.74) is -0.456. The van der Waals surface area contributed by atoms with E-state index in [0.717, 1.165) is 9.75 Å². The molecule has 0 amide bonds. The van der Waals surface area contributed by atoms with Gasteiger partial charge >= 0.3 is 0 Å². The summed E-state index contributed by atoms with van der Waals surface area (Å²) in [5, 5.41) is 3.06. The Hall–Kier alpha value is -0.470. The van der Waals surface area contributed by atoms with Gasteiger partial charge in [-0.1, -0.05) is 0 Å². The maximum atomic E-state index is 12.9. The molecule has 21 heavy (non-hydrogen) atoms. The molecule has 1 aromatic heterocycles. The number of hydrogen-bond acceptors (Lipinski definition) is 5. The predicted octanol–water partition coefficient (Wildman–Crippen LogP) is 1.96. The number of ether oxygens (including phenoxy) is 1. The van der Waals surface area contributed by atoms with Gasteiger partial charge in [0.05, 0.1) is 16.6 Å². The van der Waals surface area contributed by atoms with Gasteiger partial charge in [-0.25, -0.2) is 8.42 Å². The van der Waals surface area contributed by atoms with Crippen molar-refractivity contribution in [2.45, 2.75) is 50.8 Å². The highest BCUT2D eigenvalue weighted by atomic mass is 32.2. The number of rotatable bonds is 4. The summed E-state index contributed by atoms with van der Waals surface area (Å²) in [6.45, 7) is 9.11. The summed E-state index contributed by atoms with van der Waals surface area (Å²) in [4.78, 5) is 2.31. The molecule has 5 nitrogen and oxygen atoms in total. The third-order valence-electron chi connectivity index (χ3n) is 3.43. The van der Waals surface area contributed by atoms with E-state index in [2.05, 4.69) is 5.32 Å². The van der Waals surface area contributed by atoms with E-state index in [1.807, 2.05) is 34.7 Å². The Balaban J connectivity index is 2.33. The van der Waals surface area contributed by atoms with Gasteiger partial charge in [0.1, 0.15) is 0 Å². The van der Waals surface area contributed by atoms with Crippen molar-refractivity contribution in [1.82, 2.24) is 9.62 Å². The molecule has 1 unspecified atom stereocenters. The van der Waals surface area contributed by atoms with Crippen molar-refractivity contribution < 1.29 is 13.2 Å². The summed E-state index contributed by atoms with van der Waals surface area (Å²) in [5.74, 6) is 0. The monoisotopic (exact) mass is 332 g/mol. The number of aryl methyl sites for hydroxylation is 1. The van der Waals surface area contributed by atoms with Crippen molar-refractivity contribution in [3.05, 3.63) is 15.8 Å². The quantitative estimate of drug-likeness (QED) is 0.916. The molecule has 1 aromatic rings. The summed E-state index contributed by atoms with van der Waals surface area (Å²) in [6.07, 6.45) is -0.0979. The fraction of sp³-hybridized carbons (Fsp3) is 0.714. The van der Waals surface area contributed by atoms with Crippen molar-refractivity contribution in [3.63, 3.8) is 0 Å². The van der Waals surface area contributed by atoms with E-state index < -0.39 is 15.6 Å². The molecular formula is C14H24N2O3S2. The Bertz CT molecular complexity index is 608. The van der Waals surface area contributed by atoms with Gasteiger partial charge in [0.2, 0.25) is 10.0 Å². The number of hydrogen-bond donors (Lipinski definition) is 1. The lowest BCUT2D eigenvalue weighted by molar-refractivity contribution is -0.109. The molecular weight excluding hydrogens is 308 g/mol. The molecule has 0 radical (unpaired) electrons. The number of nitrogens with one attached hydrogen (secondary N) is 1. The van der Waals surface area contributed by atoms with Gasteiger partial charge in [-0.15, -0.1) is 11.3 Å². The highest BCUT2D eigenvalue weighted by molar-refractivity contribution is 7.89. The first-order chi connectivity index (χ1) is 9.65. The molecule has 1 fully saturated rings. The van der Waals surface area contributed by atoms with Crippen molar-refractivity contribution >= 4 is 21.4 Å². The van der Waals surface area contributed by atoms with Crippen LogP contribution < -0.4 is 5.32 Å². The first-order valence-corrected chi connectivity index (χ1v) is 9.33. The van der Waals surface area contributed by atoms with Crippen molar-refractivity contribution in [2.24, 2.45) is 0 Å². The van der Waals surface area contributed by atoms with Crippen LogP contribution in [0.3, 0.4) is 0 Å². The first kappa shape index (κ1) is 16.9. The molecule has 120 valence electrons. The standard InChI is InChI=1S/C14H24N2O3S2/c1-10-8-16(9-14(3,4)19-10)21(17,18)13-6-12(7-15-5)20-11(13)2/h6,10,15H,7-9H2,1-5H3. The second-order valence-corrected chi connectivity index (χ2v) is 9.40. The fourth-order valence-corrected chi connectivity index (χ4v) is 6.04. The molecule has 1 aliphatic rings. The number of thiophene rings is 1. The van der Waals surface area contributed by atoms with Gasteiger partial charge in [0.25, 0.3) is 0 Å². The lowest BCUT2D eigenvalue weighted by Crippen LogP contribution is -2.53. The largest absolute Gasteiger partial charge is 0.370 e. The number of morpholine rings is 1. The zero-order chi connectivity index (χ0) is 15.8. The molecule has 7 heteroatoms. The number of nitrogens with zero attached hydrogens (tertiary/aromatic N) is 1. The molecule has 1 aliphatic heterocycles. The molecule has 0 spiro atoms. The van der Waals surface area contributed by atoms with Gasteiger partial charge in [0, 0.05) is 29.4 Å². The van der Waals surface area contributed by atoms with Gasteiger partial charge < -0.3 is 10.1 Å². The Morgan fingerprint density at radius 3 is 2.76 bits per heavy atom. The van der Waals surface area contributed by atoms with Crippen LogP contribution in [0, 0.1) is 6.92 Å². The van der Waals surface area contributed by atoms with E-state index in [-0.39, 0.29) is 6.10 Å². The molecule has 1 saturated heterocycles. The van der Waals surface area contributed by atoms with Gasteiger partial charge in [-0.2, -0.15) is 4.31 Å². The van der Waals surface area contributed by atoms with Crippen LogP contribution in [-0.4, -0.2) is 44.6 Å². The SMILES string of the molecule is CNCc1cc(S(=O)(=O)N2CC(C)OC(C)(C)C2)c(C)s1. The fourth-order valence-electron chi connectivity index (χ4n) is 2.76. The summed E-state index contributed by atoms with van der Waals surface area (Å²) >= 11 is 1.53. The van der Waals surface area contributed by atoms with E-state index in [9.17, 15) is 8.42 Å². The van der Waals surface area contributed by atoms with Crippen LogP contribution in [0.25, 0.3) is 0 Å². The predicted molar refractivity (Wildman–Crippen MR) is 85.2 cm³/mol. The van der Waals surface area contributed by atoms with Crippen molar-refractivity contribution in [1.29, 1.82) is 0 Å². The van der Waals surface area contributed by atoms with Crippen molar-refractivity contribution in [2.75, 3.05) is 20.1 Å². The van der Waals surface area contributed by atoms with E-state index in [1.165, 1.54) is 11.3 Å². The highest BCUT2D eigenvalue weighted by Crippen LogP contribution is 2.31. The summed E-state index contributed by atoms with van der Waals surface area (Å²) in [7, 11) is -1.60. The third-order valence-corrected chi connectivity index (χ3v) is 6.55. The second kappa shape index (κ2) is 5.96. The van der Waals surface area contributed by atoms with Gasteiger partial charge in [-0.3, -0.25) is 0 Å². The van der Waals surface area contributed by atoms with Crippen LogP contribution >= 0.6 is 11.3 Å². The minimum atomic E-state index is -3.46. The van der Waals surface area contributed by atoms with Crippen LogP contribution in [0.1, 0.15) is 30.5 Å². The lowest BCUT2D eigenvalue weighted by Gasteiger charge is -2.40. The van der Waals surface area contributed by atoms with E-state index in [0.29, 0.717) is 24.5 Å². The van der Waals surface area contributed by atoms with E-state index in [4.69, 9.17) is 4.74 Å². The van der Waals surface area contributed by atoms with Crippen LogP contribution in [0.15, 0.2) is 11.0 Å². The summed E-state index contributed by atoms with van der Waals surface area (Å²) in [6, 6.07) is 1.79. The Morgan fingerprint density at radius 1 is 1.52 bits per heavy atom. The van der Waals surface area contributed by atoms with E-state index >= 15 is 0 Å². The maximum absolute atomic E-state index is 12.9. The minimum absolute atomic E-state index is 0.0979. The van der Waals surface area contributed by atoms with E-state index in [1.54, 1.807) is 10.4 Å². The number of sulfonamides is 1. The minimum Gasteiger partial charge on any atom is -0.370 e. The van der Waals surface area contributed by atoms with Crippen LogP contribution in [0.2, 0.25) is 0 Å². The molecule has 2 heterocycles. The molecule has 0 aromatic carbocycles. The molecule has 1 atom stereocenters.